The summed E-state index contributed by atoms with van der Waals surface area (Å²) in [6.07, 6.45) is 0. The zero-order chi connectivity index (χ0) is 19.2. The number of nitrogens with zero attached hydrogens (tertiary/aromatic N) is 3. The molecule has 5 nitrogen and oxygen atoms in total. The molecule has 0 amide bonds. The zero-order valence-electron chi connectivity index (χ0n) is 16.4. The lowest BCUT2D eigenvalue weighted by molar-refractivity contribution is 0.416. The van der Waals surface area contributed by atoms with Crippen LogP contribution in [0.25, 0.3) is 0 Å². The van der Waals surface area contributed by atoms with Crippen LogP contribution in [0.15, 0.2) is 54.6 Å². The molecule has 0 spiro atoms. The second-order valence-corrected chi connectivity index (χ2v) is 6.52. The first kappa shape index (κ1) is 18.7. The molecular formula is C22H26N4O. The Labute approximate surface area is 161 Å². The molecule has 0 bridgehead atoms. The van der Waals surface area contributed by atoms with Crippen molar-refractivity contribution in [3.8, 4) is 5.75 Å². The Bertz CT molecular complexity index is 896. The van der Waals surface area contributed by atoms with Crippen molar-refractivity contribution in [2.45, 2.75) is 27.3 Å². The van der Waals surface area contributed by atoms with Crippen LogP contribution in [0, 0.1) is 13.8 Å². The van der Waals surface area contributed by atoms with Crippen molar-refractivity contribution < 1.29 is 4.74 Å². The standard InChI is InChI=1S/C22H26N4O/c1-5-26(15-18-9-7-6-8-10-18)21-14-17(3)23-22(25-21)24-19-13-16(2)11-12-20(19)27-4/h6-14H,5,15H2,1-4H3,(H,23,24,25). The van der Waals surface area contributed by atoms with E-state index in [1.165, 1.54) is 5.56 Å². The van der Waals surface area contributed by atoms with Crippen molar-refractivity contribution in [1.29, 1.82) is 0 Å². The SMILES string of the molecule is CCN(Cc1ccccc1)c1cc(C)nc(Nc2cc(C)ccc2OC)n1. The molecule has 140 valence electrons. The lowest BCUT2D eigenvalue weighted by Gasteiger charge is -2.23. The maximum Gasteiger partial charge on any atom is 0.229 e. The van der Waals surface area contributed by atoms with Gasteiger partial charge < -0.3 is 15.0 Å². The molecule has 3 rings (SSSR count). The Morgan fingerprint density at radius 3 is 2.48 bits per heavy atom. The topological polar surface area (TPSA) is 50.3 Å². The van der Waals surface area contributed by atoms with Crippen LogP contribution in [0.5, 0.6) is 5.75 Å². The number of anilines is 3. The monoisotopic (exact) mass is 362 g/mol. The largest absolute Gasteiger partial charge is 0.495 e. The van der Waals surface area contributed by atoms with Crippen LogP contribution in [0.4, 0.5) is 17.5 Å². The first-order chi connectivity index (χ1) is 13.1. The highest BCUT2D eigenvalue weighted by Gasteiger charge is 2.12. The van der Waals surface area contributed by atoms with Crippen molar-refractivity contribution in [3.63, 3.8) is 0 Å². The third-order valence-electron chi connectivity index (χ3n) is 4.36. The predicted molar refractivity (Wildman–Crippen MR) is 111 cm³/mol. The zero-order valence-corrected chi connectivity index (χ0v) is 16.4. The van der Waals surface area contributed by atoms with Gasteiger partial charge in [0.2, 0.25) is 5.95 Å². The van der Waals surface area contributed by atoms with Gasteiger partial charge in [-0.2, -0.15) is 4.98 Å². The second kappa shape index (κ2) is 8.54. The lowest BCUT2D eigenvalue weighted by Crippen LogP contribution is -2.23. The number of methoxy groups -OCH3 is 1. The number of hydrogen-bond acceptors (Lipinski definition) is 5. The van der Waals surface area contributed by atoms with Crippen LogP contribution in [0.3, 0.4) is 0 Å². The summed E-state index contributed by atoms with van der Waals surface area (Å²) in [6, 6.07) is 18.4. The molecule has 1 aromatic heterocycles. The molecule has 3 aromatic rings. The van der Waals surface area contributed by atoms with Gasteiger partial charge in [0.25, 0.3) is 0 Å². The van der Waals surface area contributed by atoms with E-state index in [0.29, 0.717) is 5.95 Å². The van der Waals surface area contributed by atoms with Gasteiger partial charge in [-0.3, -0.25) is 0 Å². The third kappa shape index (κ3) is 4.76. The van der Waals surface area contributed by atoms with Crippen LogP contribution < -0.4 is 15.0 Å². The van der Waals surface area contributed by atoms with Gasteiger partial charge in [0.05, 0.1) is 12.8 Å². The molecule has 0 aliphatic carbocycles. The molecule has 1 N–H and O–H groups in total. The molecule has 0 atom stereocenters. The molecule has 27 heavy (non-hydrogen) atoms. The fourth-order valence-corrected chi connectivity index (χ4v) is 2.97. The van der Waals surface area contributed by atoms with E-state index in [1.54, 1.807) is 7.11 Å². The normalized spacial score (nSPS) is 10.5. The average Bonchev–Trinajstić information content (AvgIpc) is 2.66. The second-order valence-electron chi connectivity index (χ2n) is 6.52. The van der Waals surface area contributed by atoms with Crippen LogP contribution in [-0.2, 0) is 6.54 Å². The van der Waals surface area contributed by atoms with Gasteiger partial charge in [-0.25, -0.2) is 4.98 Å². The number of aromatic nitrogens is 2. The first-order valence-electron chi connectivity index (χ1n) is 9.15. The van der Waals surface area contributed by atoms with Gasteiger partial charge in [-0.15, -0.1) is 0 Å². The molecule has 0 aliphatic rings. The number of ether oxygens (including phenoxy) is 1. The van der Waals surface area contributed by atoms with E-state index in [1.807, 2.05) is 44.2 Å². The Kier molecular flexibility index (Phi) is 5.91. The fourth-order valence-electron chi connectivity index (χ4n) is 2.97. The van der Waals surface area contributed by atoms with E-state index in [-0.39, 0.29) is 0 Å². The van der Waals surface area contributed by atoms with E-state index in [4.69, 9.17) is 9.72 Å². The summed E-state index contributed by atoms with van der Waals surface area (Å²) in [5.74, 6) is 2.24. The molecule has 0 fully saturated rings. The van der Waals surface area contributed by atoms with Gasteiger partial charge >= 0.3 is 0 Å². The van der Waals surface area contributed by atoms with Crippen molar-refractivity contribution in [2.24, 2.45) is 0 Å². The van der Waals surface area contributed by atoms with Crippen LogP contribution in [0.2, 0.25) is 0 Å². The van der Waals surface area contributed by atoms with E-state index in [2.05, 4.69) is 46.4 Å². The Hall–Kier alpha value is -3.08. The molecule has 0 aliphatic heterocycles. The summed E-state index contributed by atoms with van der Waals surface area (Å²) in [5, 5.41) is 3.31. The van der Waals surface area contributed by atoms with Crippen LogP contribution in [-0.4, -0.2) is 23.6 Å². The maximum atomic E-state index is 5.45. The summed E-state index contributed by atoms with van der Waals surface area (Å²) in [4.78, 5) is 11.5. The van der Waals surface area contributed by atoms with E-state index >= 15 is 0 Å². The Balaban J connectivity index is 1.88. The van der Waals surface area contributed by atoms with Gasteiger partial charge in [-0.05, 0) is 44.0 Å². The fraction of sp³-hybridized carbons (Fsp3) is 0.273. The average molecular weight is 362 g/mol. The number of benzene rings is 2. The molecule has 5 heteroatoms. The number of rotatable bonds is 7. The molecule has 0 radical (unpaired) electrons. The highest BCUT2D eigenvalue weighted by Crippen LogP contribution is 2.28. The minimum atomic E-state index is 0.570. The Morgan fingerprint density at radius 1 is 1.00 bits per heavy atom. The van der Waals surface area contributed by atoms with Crippen molar-refractivity contribution in [3.05, 3.63) is 71.4 Å². The lowest BCUT2D eigenvalue weighted by atomic mass is 10.2. The summed E-state index contributed by atoms with van der Waals surface area (Å²) in [5.41, 5.74) is 4.18. The molecule has 2 aromatic carbocycles. The predicted octanol–water partition coefficient (Wildman–Crippen LogP) is 4.87. The van der Waals surface area contributed by atoms with Crippen molar-refractivity contribution >= 4 is 17.5 Å². The van der Waals surface area contributed by atoms with Gasteiger partial charge in [-0.1, -0.05) is 36.4 Å². The first-order valence-corrected chi connectivity index (χ1v) is 9.15. The van der Waals surface area contributed by atoms with E-state index < -0.39 is 0 Å². The summed E-state index contributed by atoms with van der Waals surface area (Å²) in [6.45, 7) is 7.84. The molecule has 0 unspecified atom stereocenters. The number of hydrogen-bond donors (Lipinski definition) is 1. The molecule has 0 saturated carbocycles. The van der Waals surface area contributed by atoms with Crippen molar-refractivity contribution in [2.75, 3.05) is 23.9 Å². The Morgan fingerprint density at radius 2 is 1.78 bits per heavy atom. The smallest absolute Gasteiger partial charge is 0.229 e. The minimum absolute atomic E-state index is 0.570. The molecular weight excluding hydrogens is 336 g/mol. The quantitative estimate of drug-likeness (QED) is 0.650. The molecule has 1 heterocycles. The van der Waals surface area contributed by atoms with E-state index in [9.17, 15) is 0 Å². The van der Waals surface area contributed by atoms with Gasteiger partial charge in [0.15, 0.2) is 0 Å². The summed E-state index contributed by atoms with van der Waals surface area (Å²) < 4.78 is 5.45. The molecule has 0 saturated heterocycles. The number of nitrogens with one attached hydrogen (secondary N) is 1. The van der Waals surface area contributed by atoms with Crippen LogP contribution in [0.1, 0.15) is 23.7 Å². The summed E-state index contributed by atoms with van der Waals surface area (Å²) in [7, 11) is 1.66. The summed E-state index contributed by atoms with van der Waals surface area (Å²) >= 11 is 0. The van der Waals surface area contributed by atoms with Gasteiger partial charge in [0.1, 0.15) is 11.6 Å². The van der Waals surface area contributed by atoms with Crippen molar-refractivity contribution in [1.82, 2.24) is 9.97 Å². The maximum absolute atomic E-state index is 5.45. The third-order valence-corrected chi connectivity index (χ3v) is 4.36. The highest BCUT2D eigenvalue weighted by molar-refractivity contribution is 5.64. The van der Waals surface area contributed by atoms with Crippen LogP contribution >= 0.6 is 0 Å². The highest BCUT2D eigenvalue weighted by atomic mass is 16.5. The minimum Gasteiger partial charge on any atom is -0.495 e. The van der Waals surface area contributed by atoms with E-state index in [0.717, 1.165) is 41.6 Å². The van der Waals surface area contributed by atoms with Gasteiger partial charge in [0, 0.05) is 24.8 Å². The number of aryl methyl sites for hydroxylation is 2.